The van der Waals surface area contributed by atoms with Crippen molar-refractivity contribution in [1.82, 2.24) is 0 Å². The van der Waals surface area contributed by atoms with Gasteiger partial charge in [0.1, 0.15) is 4.88 Å². The van der Waals surface area contributed by atoms with Crippen LogP contribution < -0.4 is 5.73 Å². The standard InChI is InChI=1S/C16H9Cl3N2O2S/c17-9-5-3-6-10(18)12(9)15(20)21-23-16(22)14-13(19)8-4-1-2-7-11(8)24-14/h1-7H,(H2,20,21). The van der Waals surface area contributed by atoms with Gasteiger partial charge in [0.15, 0.2) is 5.84 Å². The third-order valence-electron chi connectivity index (χ3n) is 3.17. The molecule has 0 bridgehead atoms. The zero-order valence-electron chi connectivity index (χ0n) is 11.9. The summed E-state index contributed by atoms with van der Waals surface area (Å²) in [5, 5.41) is 5.34. The van der Waals surface area contributed by atoms with Crippen molar-refractivity contribution < 1.29 is 9.63 Å². The summed E-state index contributed by atoms with van der Waals surface area (Å²) in [6.45, 7) is 0. The highest BCUT2D eigenvalue weighted by atomic mass is 35.5. The van der Waals surface area contributed by atoms with Gasteiger partial charge in [-0.25, -0.2) is 4.79 Å². The quantitative estimate of drug-likeness (QED) is 0.280. The van der Waals surface area contributed by atoms with Crippen molar-refractivity contribution in [2.24, 2.45) is 10.9 Å². The van der Waals surface area contributed by atoms with Gasteiger partial charge in [-0.1, -0.05) is 64.2 Å². The molecule has 0 aliphatic carbocycles. The molecule has 0 aliphatic rings. The fraction of sp³-hybridized carbons (Fsp3) is 0. The van der Waals surface area contributed by atoms with E-state index in [0.29, 0.717) is 20.6 Å². The van der Waals surface area contributed by atoms with E-state index in [2.05, 4.69) is 5.16 Å². The number of oxime groups is 1. The number of fused-ring (bicyclic) bond motifs is 1. The second-order valence-corrected chi connectivity index (χ2v) is 6.94. The number of amidine groups is 1. The average Bonchev–Trinajstić information content (AvgIpc) is 2.90. The number of nitrogens with two attached hydrogens (primary N) is 1. The predicted octanol–water partition coefficient (Wildman–Crippen LogP) is 5.34. The van der Waals surface area contributed by atoms with E-state index in [-0.39, 0.29) is 10.7 Å². The molecule has 0 radical (unpaired) electrons. The third kappa shape index (κ3) is 3.21. The zero-order valence-corrected chi connectivity index (χ0v) is 15.0. The lowest BCUT2D eigenvalue weighted by Crippen LogP contribution is -2.16. The molecule has 0 saturated heterocycles. The largest absolute Gasteiger partial charge is 0.380 e. The highest BCUT2D eigenvalue weighted by Crippen LogP contribution is 2.35. The lowest BCUT2D eigenvalue weighted by molar-refractivity contribution is 0.0522. The molecule has 3 aromatic rings. The van der Waals surface area contributed by atoms with Crippen molar-refractivity contribution in [3.05, 3.63) is 68.0 Å². The Labute approximate surface area is 156 Å². The Morgan fingerprint density at radius 3 is 2.38 bits per heavy atom. The van der Waals surface area contributed by atoms with Crippen LogP contribution in [-0.4, -0.2) is 11.8 Å². The Hall–Kier alpha value is -1.79. The summed E-state index contributed by atoms with van der Waals surface area (Å²) in [7, 11) is 0. The number of benzene rings is 2. The first-order valence-electron chi connectivity index (χ1n) is 6.65. The molecule has 2 aromatic carbocycles. The molecular formula is C16H9Cl3N2O2S. The monoisotopic (exact) mass is 398 g/mol. The van der Waals surface area contributed by atoms with Gasteiger partial charge in [-0.2, -0.15) is 0 Å². The minimum atomic E-state index is -0.702. The van der Waals surface area contributed by atoms with Crippen LogP contribution in [0.3, 0.4) is 0 Å². The summed E-state index contributed by atoms with van der Waals surface area (Å²) in [6, 6.07) is 12.3. The maximum absolute atomic E-state index is 12.2. The molecule has 1 aromatic heterocycles. The summed E-state index contributed by atoms with van der Waals surface area (Å²) < 4.78 is 0.876. The van der Waals surface area contributed by atoms with Gasteiger partial charge in [-0.3, -0.25) is 0 Å². The maximum Gasteiger partial charge on any atom is 0.377 e. The number of hydrogen-bond donors (Lipinski definition) is 1. The molecule has 2 N–H and O–H groups in total. The summed E-state index contributed by atoms with van der Waals surface area (Å²) in [5.74, 6) is -0.802. The van der Waals surface area contributed by atoms with E-state index in [1.165, 1.54) is 11.3 Å². The van der Waals surface area contributed by atoms with Crippen LogP contribution in [0.4, 0.5) is 0 Å². The van der Waals surface area contributed by atoms with E-state index < -0.39 is 5.97 Å². The number of carbonyl (C=O) groups is 1. The highest BCUT2D eigenvalue weighted by Gasteiger charge is 2.19. The normalized spacial score (nSPS) is 11.7. The number of nitrogens with zero attached hydrogens (tertiary/aromatic N) is 1. The summed E-state index contributed by atoms with van der Waals surface area (Å²) in [4.78, 5) is 17.4. The Balaban J connectivity index is 1.88. The van der Waals surface area contributed by atoms with Crippen molar-refractivity contribution in [2.45, 2.75) is 0 Å². The van der Waals surface area contributed by atoms with Crippen LogP contribution >= 0.6 is 46.1 Å². The molecule has 0 unspecified atom stereocenters. The van der Waals surface area contributed by atoms with Crippen molar-refractivity contribution >= 4 is 68.0 Å². The molecule has 24 heavy (non-hydrogen) atoms. The summed E-state index contributed by atoms with van der Waals surface area (Å²) in [6.07, 6.45) is 0. The van der Waals surface area contributed by atoms with Crippen LogP contribution in [0.25, 0.3) is 10.1 Å². The lowest BCUT2D eigenvalue weighted by atomic mass is 10.2. The van der Waals surface area contributed by atoms with E-state index in [1.54, 1.807) is 18.2 Å². The molecule has 3 rings (SSSR count). The maximum atomic E-state index is 12.2. The number of hydrogen-bond acceptors (Lipinski definition) is 4. The first-order valence-corrected chi connectivity index (χ1v) is 8.60. The molecule has 4 nitrogen and oxygen atoms in total. The number of carbonyl (C=O) groups excluding carboxylic acids is 1. The lowest BCUT2D eigenvalue weighted by Gasteiger charge is -2.05. The number of thiophene rings is 1. The number of rotatable bonds is 3. The molecule has 0 amide bonds. The van der Waals surface area contributed by atoms with Gasteiger partial charge in [0.2, 0.25) is 0 Å². The Kier molecular flexibility index (Phi) is 4.96. The number of halogens is 3. The SMILES string of the molecule is N/C(=N\OC(=O)c1sc2ccccc2c1Cl)c1c(Cl)cccc1Cl. The van der Waals surface area contributed by atoms with Gasteiger partial charge in [0.25, 0.3) is 0 Å². The fourth-order valence-corrected chi connectivity index (χ4v) is 4.04. The fourth-order valence-electron chi connectivity index (χ4n) is 2.07. The molecule has 0 saturated carbocycles. The van der Waals surface area contributed by atoms with Crippen LogP contribution in [0.5, 0.6) is 0 Å². The first-order chi connectivity index (χ1) is 11.5. The minimum absolute atomic E-state index is 0.101. The third-order valence-corrected chi connectivity index (χ3v) is 5.45. The topological polar surface area (TPSA) is 64.7 Å². The molecule has 0 fully saturated rings. The van der Waals surface area contributed by atoms with Gasteiger partial charge in [0.05, 0.1) is 20.6 Å². The molecule has 0 spiro atoms. The van der Waals surface area contributed by atoms with E-state index >= 15 is 0 Å². The van der Waals surface area contributed by atoms with Gasteiger partial charge in [0, 0.05) is 10.1 Å². The molecule has 0 atom stereocenters. The molecule has 122 valence electrons. The predicted molar refractivity (Wildman–Crippen MR) is 99.4 cm³/mol. The minimum Gasteiger partial charge on any atom is -0.380 e. The van der Waals surface area contributed by atoms with Crippen LogP contribution in [0.1, 0.15) is 15.2 Å². The molecule has 8 heteroatoms. The van der Waals surface area contributed by atoms with Crippen LogP contribution in [0, 0.1) is 0 Å². The van der Waals surface area contributed by atoms with Crippen molar-refractivity contribution in [2.75, 3.05) is 0 Å². The van der Waals surface area contributed by atoms with Crippen LogP contribution in [0.2, 0.25) is 15.1 Å². The Bertz CT molecular complexity index is 949. The smallest absolute Gasteiger partial charge is 0.377 e. The molecule has 0 aliphatic heterocycles. The van der Waals surface area contributed by atoms with E-state index in [9.17, 15) is 4.79 Å². The Morgan fingerprint density at radius 1 is 1.04 bits per heavy atom. The second kappa shape index (κ2) is 6.99. The van der Waals surface area contributed by atoms with Crippen LogP contribution in [-0.2, 0) is 4.84 Å². The van der Waals surface area contributed by atoms with Crippen LogP contribution in [0.15, 0.2) is 47.6 Å². The van der Waals surface area contributed by atoms with Gasteiger partial charge >= 0.3 is 5.97 Å². The van der Waals surface area contributed by atoms with Crippen molar-refractivity contribution in [3.63, 3.8) is 0 Å². The summed E-state index contributed by atoms with van der Waals surface area (Å²) >= 11 is 19.5. The van der Waals surface area contributed by atoms with Crippen molar-refractivity contribution in [1.29, 1.82) is 0 Å². The molecular weight excluding hydrogens is 391 g/mol. The van der Waals surface area contributed by atoms with Gasteiger partial charge in [-0.05, 0) is 18.2 Å². The Morgan fingerprint density at radius 2 is 1.71 bits per heavy atom. The first kappa shape index (κ1) is 17.0. The van der Waals surface area contributed by atoms with Crippen molar-refractivity contribution in [3.8, 4) is 0 Å². The highest BCUT2D eigenvalue weighted by molar-refractivity contribution is 7.21. The summed E-state index contributed by atoms with van der Waals surface area (Å²) in [5.41, 5.74) is 6.11. The zero-order chi connectivity index (χ0) is 17.3. The average molecular weight is 400 g/mol. The van der Waals surface area contributed by atoms with E-state index in [4.69, 9.17) is 45.4 Å². The van der Waals surface area contributed by atoms with E-state index in [0.717, 1.165) is 10.1 Å². The second-order valence-electron chi connectivity index (χ2n) is 4.69. The van der Waals surface area contributed by atoms with E-state index in [1.807, 2.05) is 24.3 Å². The van der Waals surface area contributed by atoms with Gasteiger partial charge < -0.3 is 10.6 Å². The van der Waals surface area contributed by atoms with Gasteiger partial charge in [-0.15, -0.1) is 11.3 Å². The molecule has 1 heterocycles.